The molecule has 0 radical (unpaired) electrons. The molecule has 6 rings (SSSR count). The Kier molecular flexibility index (Phi) is 14.6. The molecule has 2 N–H and O–H groups in total. The molecule has 2 aromatic carbocycles. The molecule has 0 saturated heterocycles. The predicted octanol–water partition coefficient (Wildman–Crippen LogP) is 7.99. The van der Waals surface area contributed by atoms with Crippen molar-refractivity contribution in [3.8, 4) is 22.5 Å². The van der Waals surface area contributed by atoms with E-state index in [0.717, 1.165) is 55.0 Å². The fourth-order valence-corrected chi connectivity index (χ4v) is 8.66. The van der Waals surface area contributed by atoms with Crippen LogP contribution in [0.3, 0.4) is 0 Å². The first-order valence-corrected chi connectivity index (χ1v) is 20.2. The summed E-state index contributed by atoms with van der Waals surface area (Å²) in [5.74, 6) is -5.73. The highest BCUT2D eigenvalue weighted by Crippen LogP contribution is 2.42. The van der Waals surface area contributed by atoms with E-state index in [1.807, 2.05) is 0 Å². The zero-order chi connectivity index (χ0) is 43.4. The molecule has 21 heteroatoms. The van der Waals surface area contributed by atoms with E-state index in [9.17, 15) is 43.6 Å². The second-order valence-electron chi connectivity index (χ2n) is 13.7. The van der Waals surface area contributed by atoms with Gasteiger partial charge in [0.05, 0.1) is 20.9 Å². The fraction of sp³-hybridized carbons (Fsp3) is 0.205. The molecule has 60 heavy (non-hydrogen) atoms. The highest BCUT2D eigenvalue weighted by Gasteiger charge is 2.38. The van der Waals surface area contributed by atoms with Crippen molar-refractivity contribution in [3.63, 3.8) is 0 Å². The highest BCUT2D eigenvalue weighted by molar-refractivity contribution is 7.90. The molecule has 0 aliphatic carbocycles. The molecular weight excluding hydrogens is 862 g/mol. The number of rotatable bonds is 10. The highest BCUT2D eigenvalue weighted by atomic mass is 35.5. The average molecular weight is 899 g/mol. The van der Waals surface area contributed by atoms with Crippen LogP contribution < -0.4 is 10.6 Å². The number of pyridine rings is 2. The molecule has 6 aromatic rings. The third-order valence-corrected chi connectivity index (χ3v) is 11.8. The van der Waals surface area contributed by atoms with Gasteiger partial charge in [0.1, 0.15) is 29.1 Å². The first-order chi connectivity index (χ1) is 27.7. The Morgan fingerprint density at radius 2 is 1.18 bits per heavy atom. The van der Waals surface area contributed by atoms with Gasteiger partial charge in [0.15, 0.2) is 11.6 Å². The summed E-state index contributed by atoms with van der Waals surface area (Å²) >= 11 is 0. The first-order valence-electron chi connectivity index (χ1n) is 17.3. The van der Waals surface area contributed by atoms with Crippen LogP contribution in [0, 0.1) is 40.6 Å². The average Bonchev–Trinajstić information content (AvgIpc) is 3.70. The smallest absolute Gasteiger partial charge is 0.407 e. The minimum atomic E-state index is -4.59. The molecule has 0 aliphatic rings. The molecule has 1 atom stereocenters. The van der Waals surface area contributed by atoms with Gasteiger partial charge in [-0.3, -0.25) is 0 Å². The van der Waals surface area contributed by atoms with Crippen LogP contribution >= 0.6 is 12.4 Å². The predicted molar refractivity (Wildman–Crippen MR) is 211 cm³/mol. The van der Waals surface area contributed by atoms with E-state index in [0.29, 0.717) is 7.94 Å². The van der Waals surface area contributed by atoms with Crippen LogP contribution in [0.25, 0.3) is 22.5 Å². The Morgan fingerprint density at radius 3 is 1.60 bits per heavy atom. The van der Waals surface area contributed by atoms with E-state index < -0.39 is 94.7 Å². The summed E-state index contributed by atoms with van der Waals surface area (Å²) in [7, 11) is -6.08. The number of benzene rings is 2. The maximum atomic E-state index is 15.9. The number of nitrogens with zero attached hydrogens (tertiary/aromatic N) is 4. The van der Waals surface area contributed by atoms with Gasteiger partial charge < -0.3 is 15.4 Å². The van der Waals surface area contributed by atoms with Gasteiger partial charge in [0.2, 0.25) is 11.9 Å². The number of hydrogen-bond donors (Lipinski definition) is 2. The van der Waals surface area contributed by atoms with E-state index in [2.05, 4.69) is 20.6 Å². The lowest BCUT2D eigenvalue weighted by molar-refractivity contribution is 0.0294. The number of aromatic nitrogens is 4. The van der Waals surface area contributed by atoms with Crippen LogP contribution in [-0.4, -0.2) is 54.9 Å². The maximum Gasteiger partial charge on any atom is 0.407 e. The van der Waals surface area contributed by atoms with Gasteiger partial charge in [0, 0.05) is 54.9 Å². The lowest BCUT2D eigenvalue weighted by Gasteiger charge is -2.29. The van der Waals surface area contributed by atoms with Gasteiger partial charge in [-0.05, 0) is 67.7 Å². The van der Waals surface area contributed by atoms with Crippen LogP contribution in [0.4, 0.5) is 31.1 Å². The number of amides is 1. The minimum absolute atomic E-state index is 0. The second kappa shape index (κ2) is 18.7. The number of halogens is 7. The van der Waals surface area contributed by atoms with Gasteiger partial charge in [-0.15, -0.1) is 12.4 Å². The molecule has 0 aliphatic heterocycles. The Bertz CT molecular complexity index is 2740. The van der Waals surface area contributed by atoms with Crippen LogP contribution in [0.5, 0.6) is 0 Å². The van der Waals surface area contributed by atoms with Crippen molar-refractivity contribution < 1.29 is 52.7 Å². The summed E-state index contributed by atoms with van der Waals surface area (Å²) in [4.78, 5) is 18.0. The third kappa shape index (κ3) is 9.67. The van der Waals surface area contributed by atoms with Crippen molar-refractivity contribution in [1.82, 2.24) is 28.5 Å². The molecule has 1 amide bonds. The van der Waals surface area contributed by atoms with Crippen LogP contribution in [0.2, 0.25) is 0 Å². The lowest BCUT2D eigenvalue weighted by atomic mass is 9.85. The second-order valence-corrected chi connectivity index (χ2v) is 17.3. The SMILES string of the molecule is CNC(=O)OC(c1cn(S(=O)(=O)c2cccc(F)c2)c(-c2cccnc2F)c1F)C(C)(C)C.CNCc1cn(S(=O)(=O)c2cccc(F)c2)c(-c2cccnc2F)c1F.Cl. The molecule has 4 heterocycles. The number of hydrogen-bond acceptors (Lipinski definition) is 9. The zero-order valence-corrected chi connectivity index (χ0v) is 34.7. The Labute approximate surface area is 347 Å². The molecule has 320 valence electrons. The third-order valence-electron chi connectivity index (χ3n) is 8.52. The van der Waals surface area contributed by atoms with Crippen molar-refractivity contribution in [2.24, 2.45) is 5.41 Å². The monoisotopic (exact) mass is 898 g/mol. The largest absolute Gasteiger partial charge is 0.441 e. The Morgan fingerprint density at radius 1 is 0.717 bits per heavy atom. The van der Waals surface area contributed by atoms with Gasteiger partial charge in [-0.25, -0.2) is 57.1 Å². The summed E-state index contributed by atoms with van der Waals surface area (Å²) in [5, 5.41) is 4.98. The quantitative estimate of drug-likeness (QED) is 0.103. The van der Waals surface area contributed by atoms with E-state index in [-0.39, 0.29) is 40.5 Å². The number of carbonyl (C=O) groups is 1. The standard InChI is InChI=1S/C22H22F3N3O4S.C17H14F3N3O2S.ClH/c1-22(2,3)19(32-21(29)26-4)16-12-28(33(30,31)14-8-5-7-13(23)11-14)18(17(16)24)15-9-6-10-27-20(15)25;1-21-9-11-10-23(26(24,25)13-5-2-4-12(18)8-13)16(15(11)19)14-6-3-7-22-17(14)20;/h5-12,19H,1-4H3,(H,26,29);2-8,10,21H,9H2,1H3;1H. The summed E-state index contributed by atoms with van der Waals surface area (Å²) in [5.41, 5.74) is -3.07. The summed E-state index contributed by atoms with van der Waals surface area (Å²) in [6.07, 6.45) is 2.13. The number of carbonyl (C=O) groups excluding carboxylic acids is 1. The molecule has 12 nitrogen and oxygen atoms in total. The molecular formula is C39H37ClF6N6O6S2. The molecule has 0 saturated carbocycles. The van der Waals surface area contributed by atoms with Crippen LogP contribution in [0.15, 0.2) is 107 Å². The number of ether oxygens (including phenoxy) is 1. The summed E-state index contributed by atoms with van der Waals surface area (Å²) in [6.45, 7) is 4.99. The van der Waals surface area contributed by atoms with Crippen molar-refractivity contribution in [1.29, 1.82) is 0 Å². The van der Waals surface area contributed by atoms with Crippen LogP contribution in [0.1, 0.15) is 38.0 Å². The van der Waals surface area contributed by atoms with Crippen LogP contribution in [-0.2, 0) is 31.3 Å². The van der Waals surface area contributed by atoms with Gasteiger partial charge in [0.25, 0.3) is 20.0 Å². The first kappa shape index (κ1) is 47.0. The van der Waals surface area contributed by atoms with Crippen molar-refractivity contribution >= 4 is 38.5 Å². The van der Waals surface area contributed by atoms with E-state index >= 15 is 4.39 Å². The van der Waals surface area contributed by atoms with E-state index in [1.54, 1.807) is 27.8 Å². The summed E-state index contributed by atoms with van der Waals surface area (Å²) in [6, 6.07) is 13.5. The topological polar surface area (TPSA) is 154 Å². The van der Waals surface area contributed by atoms with E-state index in [4.69, 9.17) is 4.74 Å². The molecule has 0 spiro atoms. The number of alkyl carbamates (subject to hydrolysis) is 1. The Balaban J connectivity index is 0.000000267. The van der Waals surface area contributed by atoms with Crippen molar-refractivity contribution in [2.45, 2.75) is 43.2 Å². The molecule has 0 fully saturated rings. The summed E-state index contributed by atoms with van der Waals surface area (Å²) < 4.78 is 146. The van der Waals surface area contributed by atoms with Gasteiger partial charge >= 0.3 is 6.09 Å². The van der Waals surface area contributed by atoms with Gasteiger partial charge in [-0.2, -0.15) is 8.78 Å². The Hall–Kier alpha value is -5.70. The fourth-order valence-electron chi connectivity index (χ4n) is 5.82. The zero-order valence-electron chi connectivity index (χ0n) is 32.3. The molecule has 4 aromatic heterocycles. The molecule has 1 unspecified atom stereocenters. The van der Waals surface area contributed by atoms with Crippen molar-refractivity contribution in [2.75, 3.05) is 14.1 Å². The van der Waals surface area contributed by atoms with Gasteiger partial charge in [-0.1, -0.05) is 32.9 Å². The lowest BCUT2D eigenvalue weighted by Crippen LogP contribution is -2.29. The number of nitrogens with one attached hydrogen (secondary N) is 2. The maximum absolute atomic E-state index is 15.9. The van der Waals surface area contributed by atoms with Crippen molar-refractivity contribution in [3.05, 3.63) is 144 Å². The molecule has 0 bridgehead atoms. The normalized spacial score (nSPS) is 12.2. The van der Waals surface area contributed by atoms with E-state index in [1.165, 1.54) is 49.6 Å². The minimum Gasteiger partial charge on any atom is -0.441 e.